The molecule has 0 aliphatic carbocycles. The van der Waals surface area contributed by atoms with Gasteiger partial charge in [0.2, 0.25) is 0 Å². The maximum absolute atomic E-state index is 13.4. The summed E-state index contributed by atoms with van der Waals surface area (Å²) < 4.78 is 18.8. The van der Waals surface area contributed by atoms with Crippen LogP contribution < -0.4 is 15.6 Å². The number of pyridine rings is 1. The summed E-state index contributed by atoms with van der Waals surface area (Å²) >= 11 is 0. The number of H-pyrrole nitrogens is 1. The first-order valence-electron chi connectivity index (χ1n) is 10.9. The van der Waals surface area contributed by atoms with E-state index in [0.29, 0.717) is 17.0 Å². The van der Waals surface area contributed by atoms with Crippen LogP contribution in [-0.4, -0.2) is 23.0 Å². The van der Waals surface area contributed by atoms with Crippen molar-refractivity contribution in [3.63, 3.8) is 0 Å². The van der Waals surface area contributed by atoms with E-state index in [4.69, 9.17) is 4.74 Å². The van der Waals surface area contributed by atoms with Gasteiger partial charge in [-0.3, -0.25) is 4.79 Å². The molecule has 1 heterocycles. The number of hydrogen-bond acceptors (Lipinski definition) is 3. The Morgan fingerprint density at radius 1 is 1.00 bits per heavy atom. The number of benzene rings is 3. The summed E-state index contributed by atoms with van der Waals surface area (Å²) in [6.07, 6.45) is 0. The predicted octanol–water partition coefficient (Wildman–Crippen LogP) is 5.53. The Balaban J connectivity index is 1.70. The molecule has 0 atom stereocenters. The minimum absolute atomic E-state index is 0.0665. The first kappa shape index (κ1) is 23.0. The number of anilines is 1. The van der Waals surface area contributed by atoms with Crippen LogP contribution in [0.15, 0.2) is 71.5 Å². The Bertz CT molecular complexity index is 1400. The van der Waals surface area contributed by atoms with Gasteiger partial charge in [0, 0.05) is 17.5 Å². The molecule has 7 heteroatoms. The minimum atomic E-state index is -0.408. The maximum atomic E-state index is 13.4. The Morgan fingerprint density at radius 3 is 2.44 bits per heavy atom. The molecule has 0 aliphatic rings. The first-order valence-corrected chi connectivity index (χ1v) is 10.9. The van der Waals surface area contributed by atoms with Crippen LogP contribution in [0.5, 0.6) is 5.75 Å². The summed E-state index contributed by atoms with van der Waals surface area (Å²) in [6.45, 7) is 4.18. The highest BCUT2D eigenvalue weighted by Gasteiger charge is 2.19. The number of nitrogens with zero attached hydrogens (tertiary/aromatic N) is 1. The number of para-hydroxylation sites is 2. The fourth-order valence-corrected chi connectivity index (χ4v) is 3.89. The molecule has 0 spiro atoms. The standard InChI is InChI=1S/C27H26FN3O3/c1-17-8-9-18(2)25-22(17)14-20(26(32)30-25)16-31(15-19-10-12-21(28)13-11-19)27(33)29-23-6-4-5-7-24(23)34-3/h4-14H,15-16H2,1-3H3,(H,29,33)(H,30,32). The molecule has 4 rings (SSSR count). The number of amides is 2. The van der Waals surface area contributed by atoms with E-state index < -0.39 is 6.03 Å². The zero-order valence-corrected chi connectivity index (χ0v) is 19.3. The molecule has 174 valence electrons. The Hall–Kier alpha value is -4.13. The van der Waals surface area contributed by atoms with Crippen LogP contribution in [0.3, 0.4) is 0 Å². The van der Waals surface area contributed by atoms with Crippen molar-refractivity contribution in [3.05, 3.63) is 105 Å². The van der Waals surface area contributed by atoms with Gasteiger partial charge in [-0.2, -0.15) is 0 Å². The van der Waals surface area contributed by atoms with Gasteiger partial charge in [-0.1, -0.05) is 36.4 Å². The molecule has 0 saturated carbocycles. The molecule has 2 amide bonds. The van der Waals surface area contributed by atoms with E-state index in [-0.39, 0.29) is 24.5 Å². The summed E-state index contributed by atoms with van der Waals surface area (Å²) in [5.74, 6) is 0.165. The highest BCUT2D eigenvalue weighted by molar-refractivity contribution is 5.91. The Kier molecular flexibility index (Phi) is 6.63. The van der Waals surface area contributed by atoms with E-state index in [1.165, 1.54) is 24.1 Å². The predicted molar refractivity (Wildman–Crippen MR) is 132 cm³/mol. The number of aromatic nitrogens is 1. The van der Waals surface area contributed by atoms with Crippen molar-refractivity contribution >= 4 is 22.6 Å². The van der Waals surface area contributed by atoms with Gasteiger partial charge in [0.15, 0.2) is 0 Å². The summed E-state index contributed by atoms with van der Waals surface area (Å²) in [5, 5.41) is 3.80. The maximum Gasteiger partial charge on any atom is 0.322 e. The van der Waals surface area contributed by atoms with E-state index in [1.807, 2.05) is 38.1 Å². The van der Waals surface area contributed by atoms with E-state index in [2.05, 4.69) is 10.3 Å². The number of rotatable bonds is 6. The number of methoxy groups -OCH3 is 1. The van der Waals surface area contributed by atoms with Crippen LogP contribution in [0.25, 0.3) is 10.9 Å². The lowest BCUT2D eigenvalue weighted by molar-refractivity contribution is 0.206. The van der Waals surface area contributed by atoms with Gasteiger partial charge in [-0.05, 0) is 60.9 Å². The van der Waals surface area contributed by atoms with E-state index in [9.17, 15) is 14.0 Å². The van der Waals surface area contributed by atoms with Crippen LogP contribution in [0, 0.1) is 19.7 Å². The van der Waals surface area contributed by atoms with Crippen molar-refractivity contribution in [2.75, 3.05) is 12.4 Å². The van der Waals surface area contributed by atoms with Gasteiger partial charge in [0.05, 0.1) is 24.9 Å². The fourth-order valence-electron chi connectivity index (χ4n) is 3.89. The number of aryl methyl sites for hydroxylation is 2. The number of ether oxygens (including phenoxy) is 1. The lowest BCUT2D eigenvalue weighted by Gasteiger charge is -2.24. The molecular weight excluding hydrogens is 433 g/mol. The van der Waals surface area contributed by atoms with Crippen molar-refractivity contribution in [3.8, 4) is 5.75 Å². The topological polar surface area (TPSA) is 74.4 Å². The molecular formula is C27H26FN3O3. The second kappa shape index (κ2) is 9.79. The van der Waals surface area contributed by atoms with Gasteiger partial charge in [0.1, 0.15) is 11.6 Å². The van der Waals surface area contributed by atoms with Crippen molar-refractivity contribution in [2.24, 2.45) is 0 Å². The lowest BCUT2D eigenvalue weighted by Crippen LogP contribution is -2.36. The number of carbonyl (C=O) groups is 1. The van der Waals surface area contributed by atoms with Gasteiger partial charge >= 0.3 is 6.03 Å². The Labute approximate surface area is 197 Å². The number of nitrogens with one attached hydrogen (secondary N) is 2. The third-order valence-corrected chi connectivity index (χ3v) is 5.80. The molecule has 0 bridgehead atoms. The van der Waals surface area contributed by atoms with Gasteiger partial charge in [0.25, 0.3) is 5.56 Å². The molecule has 0 fully saturated rings. The molecule has 6 nitrogen and oxygen atoms in total. The lowest BCUT2D eigenvalue weighted by atomic mass is 10.0. The van der Waals surface area contributed by atoms with Crippen molar-refractivity contribution in [2.45, 2.75) is 26.9 Å². The van der Waals surface area contributed by atoms with E-state index >= 15 is 0 Å². The van der Waals surface area contributed by atoms with Gasteiger partial charge in [-0.15, -0.1) is 0 Å². The summed E-state index contributed by atoms with van der Waals surface area (Å²) in [4.78, 5) is 30.7. The molecule has 0 unspecified atom stereocenters. The number of halogens is 1. The number of urea groups is 1. The highest BCUT2D eigenvalue weighted by Crippen LogP contribution is 2.25. The van der Waals surface area contributed by atoms with Crippen molar-refractivity contribution < 1.29 is 13.9 Å². The molecule has 3 aromatic carbocycles. The molecule has 2 N–H and O–H groups in total. The molecule has 34 heavy (non-hydrogen) atoms. The Morgan fingerprint density at radius 2 is 1.71 bits per heavy atom. The third kappa shape index (κ3) is 4.93. The van der Waals surface area contributed by atoms with Gasteiger partial charge < -0.3 is 19.9 Å². The average Bonchev–Trinajstić information content (AvgIpc) is 2.83. The van der Waals surface area contributed by atoms with E-state index in [1.54, 1.807) is 30.3 Å². The third-order valence-electron chi connectivity index (χ3n) is 5.80. The van der Waals surface area contributed by atoms with E-state index in [0.717, 1.165) is 27.6 Å². The molecule has 0 saturated heterocycles. The SMILES string of the molecule is COc1ccccc1NC(=O)N(Cc1ccc(F)cc1)Cc1cc2c(C)ccc(C)c2[nH]c1=O. The molecule has 4 aromatic rings. The zero-order chi connectivity index (χ0) is 24.2. The smallest absolute Gasteiger partial charge is 0.322 e. The highest BCUT2D eigenvalue weighted by atomic mass is 19.1. The van der Waals surface area contributed by atoms with Crippen molar-refractivity contribution in [1.29, 1.82) is 0 Å². The van der Waals surface area contributed by atoms with Crippen LogP contribution in [0.4, 0.5) is 14.9 Å². The zero-order valence-electron chi connectivity index (χ0n) is 19.3. The second-order valence-electron chi connectivity index (χ2n) is 8.22. The largest absolute Gasteiger partial charge is 0.495 e. The van der Waals surface area contributed by atoms with Crippen LogP contribution in [0.2, 0.25) is 0 Å². The number of carbonyl (C=O) groups excluding carboxylic acids is 1. The average molecular weight is 460 g/mol. The summed E-state index contributed by atoms with van der Waals surface area (Å²) in [6, 6.07) is 18.4. The van der Waals surface area contributed by atoms with Crippen LogP contribution in [0.1, 0.15) is 22.3 Å². The number of hydrogen-bond donors (Lipinski definition) is 2. The molecule has 0 radical (unpaired) electrons. The van der Waals surface area contributed by atoms with Gasteiger partial charge in [-0.25, -0.2) is 9.18 Å². The summed E-state index contributed by atoms with van der Waals surface area (Å²) in [7, 11) is 1.53. The molecule has 1 aromatic heterocycles. The number of fused-ring (bicyclic) bond motifs is 1. The minimum Gasteiger partial charge on any atom is -0.495 e. The summed E-state index contributed by atoms with van der Waals surface area (Å²) in [5.41, 5.74) is 4.24. The monoisotopic (exact) mass is 459 g/mol. The quantitative estimate of drug-likeness (QED) is 0.398. The van der Waals surface area contributed by atoms with Crippen LogP contribution >= 0.6 is 0 Å². The number of aromatic amines is 1. The normalized spacial score (nSPS) is 10.8. The molecule has 0 aliphatic heterocycles. The second-order valence-corrected chi connectivity index (χ2v) is 8.22. The fraction of sp³-hybridized carbons (Fsp3) is 0.185. The van der Waals surface area contributed by atoms with Crippen molar-refractivity contribution in [1.82, 2.24) is 9.88 Å². The van der Waals surface area contributed by atoms with Crippen LogP contribution in [-0.2, 0) is 13.1 Å². The first-order chi connectivity index (χ1) is 16.4.